The van der Waals surface area contributed by atoms with E-state index in [-0.39, 0.29) is 18.1 Å². The summed E-state index contributed by atoms with van der Waals surface area (Å²) >= 11 is 0. The Balaban J connectivity index is 1.58. The lowest BCUT2D eigenvalue weighted by atomic mass is 10.1. The third-order valence-corrected chi connectivity index (χ3v) is 4.53. The highest BCUT2D eigenvalue weighted by Crippen LogP contribution is 2.26. The van der Waals surface area contributed by atoms with E-state index >= 15 is 0 Å². The Morgan fingerprint density at radius 2 is 1.77 bits per heavy atom. The van der Waals surface area contributed by atoms with Gasteiger partial charge in [-0.1, -0.05) is 29.8 Å². The molecule has 0 heterocycles. The van der Waals surface area contributed by atoms with Crippen molar-refractivity contribution in [3.63, 3.8) is 0 Å². The van der Waals surface area contributed by atoms with Gasteiger partial charge in [0.15, 0.2) is 6.61 Å². The van der Waals surface area contributed by atoms with Gasteiger partial charge in [-0.05, 0) is 55.0 Å². The molecule has 7 heteroatoms. The van der Waals surface area contributed by atoms with Crippen LogP contribution in [0.2, 0.25) is 0 Å². The SMILES string of the molecule is COc1ccc(C(=O)O)cc1NCc1cccc(OCC(=O)Nc2ccc(C)cc2)c1. The Labute approximate surface area is 180 Å². The normalized spacial score (nSPS) is 10.3. The van der Waals surface area contributed by atoms with E-state index in [0.717, 1.165) is 16.8 Å². The summed E-state index contributed by atoms with van der Waals surface area (Å²) in [5.74, 6) is -0.151. The van der Waals surface area contributed by atoms with Gasteiger partial charge in [0, 0.05) is 12.2 Å². The Bertz CT molecular complexity index is 1060. The monoisotopic (exact) mass is 420 g/mol. The number of benzene rings is 3. The number of carbonyl (C=O) groups excluding carboxylic acids is 1. The number of nitrogens with one attached hydrogen (secondary N) is 2. The van der Waals surface area contributed by atoms with Crippen molar-refractivity contribution in [3.8, 4) is 11.5 Å². The van der Waals surface area contributed by atoms with E-state index in [1.165, 1.54) is 19.2 Å². The van der Waals surface area contributed by atoms with Gasteiger partial charge in [-0.15, -0.1) is 0 Å². The number of hydrogen-bond acceptors (Lipinski definition) is 5. The molecule has 0 aliphatic rings. The number of carboxylic acids is 1. The molecule has 0 saturated carbocycles. The van der Waals surface area contributed by atoms with Crippen LogP contribution in [-0.4, -0.2) is 30.7 Å². The number of hydrogen-bond donors (Lipinski definition) is 3. The topological polar surface area (TPSA) is 96.9 Å². The lowest BCUT2D eigenvalue weighted by Crippen LogP contribution is -2.20. The standard InChI is InChI=1S/C24H24N2O5/c1-16-6-9-19(10-7-16)26-23(27)15-31-20-5-3-4-17(12-20)14-25-21-13-18(24(28)29)8-11-22(21)30-2/h3-13,25H,14-15H2,1-2H3,(H,26,27)(H,28,29). The van der Waals surface area contributed by atoms with Crippen molar-refractivity contribution in [3.05, 3.63) is 83.4 Å². The molecule has 31 heavy (non-hydrogen) atoms. The Morgan fingerprint density at radius 3 is 2.48 bits per heavy atom. The van der Waals surface area contributed by atoms with E-state index in [2.05, 4.69) is 10.6 Å². The fourth-order valence-electron chi connectivity index (χ4n) is 2.90. The average molecular weight is 420 g/mol. The molecule has 7 nitrogen and oxygen atoms in total. The molecule has 0 aromatic heterocycles. The molecule has 0 atom stereocenters. The van der Waals surface area contributed by atoms with Gasteiger partial charge in [-0.2, -0.15) is 0 Å². The number of anilines is 2. The summed E-state index contributed by atoms with van der Waals surface area (Å²) in [7, 11) is 1.52. The summed E-state index contributed by atoms with van der Waals surface area (Å²) in [6.07, 6.45) is 0. The highest BCUT2D eigenvalue weighted by atomic mass is 16.5. The molecule has 0 fully saturated rings. The predicted molar refractivity (Wildman–Crippen MR) is 119 cm³/mol. The zero-order valence-corrected chi connectivity index (χ0v) is 17.3. The van der Waals surface area contributed by atoms with Crippen LogP contribution in [0.15, 0.2) is 66.7 Å². The first kappa shape index (κ1) is 21.7. The minimum Gasteiger partial charge on any atom is -0.495 e. The van der Waals surface area contributed by atoms with Crippen molar-refractivity contribution in [1.29, 1.82) is 0 Å². The number of rotatable bonds is 9. The molecule has 0 bridgehead atoms. The van der Waals surface area contributed by atoms with Crippen molar-refractivity contribution in [2.75, 3.05) is 24.4 Å². The van der Waals surface area contributed by atoms with Crippen LogP contribution in [0.4, 0.5) is 11.4 Å². The molecule has 3 N–H and O–H groups in total. The summed E-state index contributed by atoms with van der Waals surface area (Å²) in [5, 5.41) is 15.2. The molecule has 1 amide bonds. The van der Waals surface area contributed by atoms with Crippen molar-refractivity contribution < 1.29 is 24.2 Å². The highest BCUT2D eigenvalue weighted by molar-refractivity contribution is 5.92. The van der Waals surface area contributed by atoms with Crippen LogP contribution in [0.1, 0.15) is 21.5 Å². The molecule has 3 aromatic rings. The molecule has 160 valence electrons. The van der Waals surface area contributed by atoms with Gasteiger partial charge >= 0.3 is 5.97 Å². The predicted octanol–water partition coefficient (Wildman–Crippen LogP) is 4.33. The van der Waals surface area contributed by atoms with Gasteiger partial charge in [0.2, 0.25) is 0 Å². The Morgan fingerprint density at radius 1 is 1.00 bits per heavy atom. The van der Waals surface area contributed by atoms with Gasteiger partial charge in [0.05, 0.1) is 18.4 Å². The van der Waals surface area contributed by atoms with Crippen molar-refractivity contribution in [2.45, 2.75) is 13.5 Å². The third kappa shape index (κ3) is 6.24. The van der Waals surface area contributed by atoms with E-state index in [9.17, 15) is 14.7 Å². The van der Waals surface area contributed by atoms with Crippen LogP contribution in [0.5, 0.6) is 11.5 Å². The largest absolute Gasteiger partial charge is 0.495 e. The molecule has 0 aliphatic carbocycles. The number of aryl methyl sites for hydroxylation is 1. The average Bonchev–Trinajstić information content (AvgIpc) is 2.78. The maximum atomic E-state index is 12.1. The summed E-state index contributed by atoms with van der Waals surface area (Å²) in [6.45, 7) is 2.29. The van der Waals surface area contributed by atoms with Gasteiger partial charge in [0.1, 0.15) is 11.5 Å². The second kappa shape index (κ2) is 10.2. The lowest BCUT2D eigenvalue weighted by Gasteiger charge is -2.13. The van der Waals surface area contributed by atoms with E-state index < -0.39 is 5.97 Å². The molecule has 3 rings (SSSR count). The quantitative estimate of drug-likeness (QED) is 0.477. The van der Waals surface area contributed by atoms with Gasteiger partial charge in [-0.25, -0.2) is 4.79 Å². The zero-order valence-electron chi connectivity index (χ0n) is 17.3. The first-order chi connectivity index (χ1) is 14.9. The smallest absolute Gasteiger partial charge is 0.335 e. The number of amides is 1. The number of ether oxygens (including phenoxy) is 2. The van der Waals surface area contributed by atoms with Crippen LogP contribution in [0, 0.1) is 6.92 Å². The second-order valence-corrected chi connectivity index (χ2v) is 6.92. The zero-order chi connectivity index (χ0) is 22.2. The van der Waals surface area contributed by atoms with E-state index in [1.54, 1.807) is 12.1 Å². The fourth-order valence-corrected chi connectivity index (χ4v) is 2.90. The third-order valence-electron chi connectivity index (χ3n) is 4.53. The summed E-state index contributed by atoms with van der Waals surface area (Å²) in [6, 6.07) is 19.5. The maximum absolute atomic E-state index is 12.1. The lowest BCUT2D eigenvalue weighted by molar-refractivity contribution is -0.118. The van der Waals surface area contributed by atoms with Crippen LogP contribution >= 0.6 is 0 Å². The summed E-state index contributed by atoms with van der Waals surface area (Å²) in [5.41, 5.74) is 3.48. The number of aromatic carboxylic acids is 1. The van der Waals surface area contributed by atoms with E-state index in [0.29, 0.717) is 23.7 Å². The second-order valence-electron chi connectivity index (χ2n) is 6.92. The highest BCUT2D eigenvalue weighted by Gasteiger charge is 2.09. The molecular formula is C24H24N2O5. The van der Waals surface area contributed by atoms with Crippen molar-refractivity contribution in [2.24, 2.45) is 0 Å². The van der Waals surface area contributed by atoms with Gasteiger partial charge in [0.25, 0.3) is 5.91 Å². The van der Waals surface area contributed by atoms with Crippen LogP contribution in [0.3, 0.4) is 0 Å². The van der Waals surface area contributed by atoms with Crippen LogP contribution in [0.25, 0.3) is 0 Å². The first-order valence-corrected chi connectivity index (χ1v) is 9.68. The fraction of sp³-hybridized carbons (Fsp3) is 0.167. The number of carboxylic acid groups (broad SMARTS) is 1. The van der Waals surface area contributed by atoms with Crippen molar-refractivity contribution >= 4 is 23.3 Å². The molecular weight excluding hydrogens is 396 g/mol. The van der Waals surface area contributed by atoms with Crippen LogP contribution < -0.4 is 20.1 Å². The number of carbonyl (C=O) groups is 2. The minimum absolute atomic E-state index is 0.112. The number of methoxy groups -OCH3 is 1. The molecule has 0 aliphatic heterocycles. The van der Waals surface area contributed by atoms with E-state index in [4.69, 9.17) is 9.47 Å². The maximum Gasteiger partial charge on any atom is 0.335 e. The Hall–Kier alpha value is -4.00. The van der Waals surface area contributed by atoms with Crippen LogP contribution in [-0.2, 0) is 11.3 Å². The van der Waals surface area contributed by atoms with Crippen molar-refractivity contribution in [1.82, 2.24) is 0 Å². The summed E-state index contributed by atoms with van der Waals surface area (Å²) < 4.78 is 10.9. The van der Waals surface area contributed by atoms with Gasteiger partial charge < -0.3 is 25.2 Å². The molecule has 0 unspecified atom stereocenters. The van der Waals surface area contributed by atoms with E-state index in [1.807, 2.05) is 49.4 Å². The summed E-state index contributed by atoms with van der Waals surface area (Å²) in [4.78, 5) is 23.3. The minimum atomic E-state index is -1.01. The Kier molecular flexibility index (Phi) is 7.11. The van der Waals surface area contributed by atoms with Gasteiger partial charge in [-0.3, -0.25) is 4.79 Å². The first-order valence-electron chi connectivity index (χ1n) is 9.68. The molecule has 0 saturated heterocycles. The molecule has 0 radical (unpaired) electrons. The molecule has 3 aromatic carbocycles. The molecule has 0 spiro atoms.